The smallest absolute Gasteiger partial charge is 0.291 e. The van der Waals surface area contributed by atoms with Gasteiger partial charge in [-0.1, -0.05) is 43.7 Å². The second-order valence-electron chi connectivity index (χ2n) is 6.59. The minimum atomic E-state index is 0.0451. The number of benzene rings is 1. The number of ether oxygens (including phenoxy) is 1. The molecule has 130 valence electrons. The third kappa shape index (κ3) is 3.00. The molecule has 0 radical (unpaired) electrons. The Bertz CT molecular complexity index is 805. The molecule has 0 atom stereocenters. The van der Waals surface area contributed by atoms with E-state index in [9.17, 15) is 4.79 Å². The number of hydrogen-bond acceptors (Lipinski definition) is 3. The van der Waals surface area contributed by atoms with Crippen LogP contribution >= 0.6 is 0 Å². The molecule has 0 saturated heterocycles. The van der Waals surface area contributed by atoms with Gasteiger partial charge in [0.05, 0.1) is 31.8 Å². The molecule has 1 aromatic heterocycles. The SMILES string of the molecule is CCCCN1Cn2c(-c3ccc(C4=CCOCC4)cc3)cnc2C1=O. The van der Waals surface area contributed by atoms with Crippen LogP contribution in [0.5, 0.6) is 0 Å². The van der Waals surface area contributed by atoms with Crippen molar-refractivity contribution in [1.82, 2.24) is 14.5 Å². The molecule has 5 heteroatoms. The summed E-state index contributed by atoms with van der Waals surface area (Å²) >= 11 is 0. The van der Waals surface area contributed by atoms with Gasteiger partial charge in [-0.05, 0) is 29.5 Å². The molecule has 0 spiro atoms. The van der Waals surface area contributed by atoms with Crippen molar-refractivity contribution in [2.24, 2.45) is 0 Å². The van der Waals surface area contributed by atoms with Gasteiger partial charge in [-0.2, -0.15) is 0 Å². The predicted molar refractivity (Wildman–Crippen MR) is 97.0 cm³/mol. The number of fused-ring (bicyclic) bond motifs is 1. The summed E-state index contributed by atoms with van der Waals surface area (Å²) in [5.74, 6) is 0.603. The summed E-state index contributed by atoms with van der Waals surface area (Å²) in [5, 5.41) is 0. The van der Waals surface area contributed by atoms with Crippen molar-refractivity contribution in [1.29, 1.82) is 0 Å². The topological polar surface area (TPSA) is 47.4 Å². The average Bonchev–Trinajstić information content (AvgIpc) is 3.21. The zero-order valence-corrected chi connectivity index (χ0v) is 14.6. The third-order valence-electron chi connectivity index (χ3n) is 4.94. The Balaban J connectivity index is 1.57. The fourth-order valence-corrected chi connectivity index (χ4v) is 3.46. The second kappa shape index (κ2) is 6.84. The number of nitrogens with zero attached hydrogens (tertiary/aromatic N) is 3. The van der Waals surface area contributed by atoms with Crippen molar-refractivity contribution in [3.63, 3.8) is 0 Å². The zero-order chi connectivity index (χ0) is 17.2. The van der Waals surface area contributed by atoms with E-state index >= 15 is 0 Å². The molecule has 2 aliphatic heterocycles. The summed E-state index contributed by atoms with van der Waals surface area (Å²) in [6.45, 7) is 5.03. The van der Waals surface area contributed by atoms with Gasteiger partial charge in [0, 0.05) is 6.54 Å². The molecule has 2 aromatic rings. The first-order chi connectivity index (χ1) is 12.3. The molecule has 0 fully saturated rings. The van der Waals surface area contributed by atoms with Crippen LogP contribution in [-0.4, -0.2) is 40.1 Å². The number of rotatable bonds is 5. The van der Waals surface area contributed by atoms with Gasteiger partial charge in [-0.15, -0.1) is 0 Å². The van der Waals surface area contributed by atoms with Crippen LogP contribution in [0.2, 0.25) is 0 Å². The highest BCUT2D eigenvalue weighted by Crippen LogP contribution is 2.28. The second-order valence-corrected chi connectivity index (χ2v) is 6.59. The van der Waals surface area contributed by atoms with Gasteiger partial charge >= 0.3 is 0 Å². The van der Waals surface area contributed by atoms with E-state index in [4.69, 9.17) is 4.74 Å². The molecular formula is C20H23N3O2. The maximum atomic E-state index is 12.4. The minimum absolute atomic E-state index is 0.0451. The first-order valence-corrected chi connectivity index (χ1v) is 9.00. The Morgan fingerprint density at radius 2 is 2.00 bits per heavy atom. The summed E-state index contributed by atoms with van der Waals surface area (Å²) in [5.41, 5.74) is 4.70. The molecular weight excluding hydrogens is 314 g/mol. The van der Waals surface area contributed by atoms with Crippen LogP contribution in [0.1, 0.15) is 42.4 Å². The van der Waals surface area contributed by atoms with Crippen LogP contribution in [0.3, 0.4) is 0 Å². The van der Waals surface area contributed by atoms with Gasteiger partial charge in [0.25, 0.3) is 5.91 Å². The highest BCUT2D eigenvalue weighted by molar-refractivity contribution is 5.93. The lowest BCUT2D eigenvalue weighted by Gasteiger charge is -2.16. The molecule has 0 unspecified atom stereocenters. The van der Waals surface area contributed by atoms with E-state index in [2.05, 4.69) is 42.2 Å². The number of carbonyl (C=O) groups is 1. The summed E-state index contributed by atoms with van der Waals surface area (Å²) in [4.78, 5) is 18.7. The molecule has 4 rings (SSSR count). The highest BCUT2D eigenvalue weighted by atomic mass is 16.5. The van der Waals surface area contributed by atoms with Crippen molar-refractivity contribution in [3.05, 3.63) is 47.9 Å². The summed E-state index contributed by atoms with van der Waals surface area (Å²) in [6, 6.07) is 8.54. The van der Waals surface area contributed by atoms with Crippen molar-refractivity contribution in [2.75, 3.05) is 19.8 Å². The van der Waals surface area contributed by atoms with Gasteiger partial charge in [0.1, 0.15) is 0 Å². The molecule has 2 aliphatic rings. The van der Waals surface area contributed by atoms with Gasteiger partial charge in [-0.25, -0.2) is 4.98 Å². The molecule has 0 aliphatic carbocycles. The molecule has 3 heterocycles. The Kier molecular flexibility index (Phi) is 4.40. The maximum Gasteiger partial charge on any atom is 0.291 e. The van der Waals surface area contributed by atoms with E-state index in [1.54, 1.807) is 0 Å². The quantitative estimate of drug-likeness (QED) is 0.838. The fraction of sp³-hybridized carbons (Fsp3) is 0.400. The number of carbonyl (C=O) groups excluding carboxylic acids is 1. The van der Waals surface area contributed by atoms with Crippen LogP contribution < -0.4 is 0 Å². The van der Waals surface area contributed by atoms with Crippen LogP contribution in [0, 0.1) is 0 Å². The fourth-order valence-electron chi connectivity index (χ4n) is 3.46. The average molecular weight is 337 g/mol. The van der Waals surface area contributed by atoms with Crippen molar-refractivity contribution >= 4 is 11.5 Å². The Morgan fingerprint density at radius 1 is 1.20 bits per heavy atom. The van der Waals surface area contributed by atoms with Gasteiger partial charge in [0.15, 0.2) is 0 Å². The number of imidazole rings is 1. The van der Waals surface area contributed by atoms with Crippen LogP contribution in [-0.2, 0) is 11.4 Å². The summed E-state index contributed by atoms with van der Waals surface area (Å²) < 4.78 is 7.41. The third-order valence-corrected chi connectivity index (χ3v) is 4.94. The van der Waals surface area contributed by atoms with Crippen LogP contribution in [0.4, 0.5) is 0 Å². The van der Waals surface area contributed by atoms with Crippen molar-refractivity contribution < 1.29 is 9.53 Å². The zero-order valence-electron chi connectivity index (χ0n) is 14.6. The van der Waals surface area contributed by atoms with Crippen LogP contribution in [0.15, 0.2) is 36.5 Å². The van der Waals surface area contributed by atoms with Crippen LogP contribution in [0.25, 0.3) is 16.8 Å². The summed E-state index contributed by atoms with van der Waals surface area (Å²) in [6.07, 6.45) is 7.04. The minimum Gasteiger partial charge on any atom is -0.377 e. The van der Waals surface area contributed by atoms with E-state index < -0.39 is 0 Å². The normalized spacial score (nSPS) is 16.9. The van der Waals surface area contributed by atoms with E-state index in [1.165, 1.54) is 11.1 Å². The number of unbranched alkanes of at least 4 members (excludes halogenated alkanes) is 1. The van der Waals surface area contributed by atoms with E-state index in [1.807, 2.05) is 15.7 Å². The van der Waals surface area contributed by atoms with E-state index in [-0.39, 0.29) is 5.91 Å². The molecule has 1 aromatic carbocycles. The maximum absolute atomic E-state index is 12.4. The number of aromatic nitrogens is 2. The predicted octanol–water partition coefficient (Wildman–Crippen LogP) is 3.57. The Hall–Kier alpha value is -2.40. The Labute approximate surface area is 147 Å². The highest BCUT2D eigenvalue weighted by Gasteiger charge is 2.30. The molecule has 0 bridgehead atoms. The van der Waals surface area contributed by atoms with Crippen molar-refractivity contribution in [3.8, 4) is 11.3 Å². The van der Waals surface area contributed by atoms with Gasteiger partial charge in [0.2, 0.25) is 5.82 Å². The van der Waals surface area contributed by atoms with Gasteiger partial charge in [-0.3, -0.25) is 4.79 Å². The first kappa shape index (κ1) is 16.1. The molecule has 0 saturated carbocycles. The first-order valence-electron chi connectivity index (χ1n) is 9.00. The lowest BCUT2D eigenvalue weighted by Crippen LogP contribution is -2.25. The van der Waals surface area contributed by atoms with Gasteiger partial charge < -0.3 is 14.2 Å². The number of hydrogen-bond donors (Lipinski definition) is 0. The Morgan fingerprint density at radius 3 is 2.72 bits per heavy atom. The van der Waals surface area contributed by atoms with E-state index in [0.717, 1.165) is 43.7 Å². The lowest BCUT2D eigenvalue weighted by molar-refractivity contribution is 0.0764. The summed E-state index contributed by atoms with van der Waals surface area (Å²) in [7, 11) is 0. The molecule has 5 nitrogen and oxygen atoms in total. The largest absolute Gasteiger partial charge is 0.377 e. The monoisotopic (exact) mass is 337 g/mol. The molecule has 0 N–H and O–H groups in total. The van der Waals surface area contributed by atoms with Crippen molar-refractivity contribution in [2.45, 2.75) is 32.9 Å². The lowest BCUT2D eigenvalue weighted by atomic mass is 10.00. The molecule has 1 amide bonds. The number of amides is 1. The standard InChI is InChI=1S/C20H23N3O2/c1-2-3-10-22-14-23-18(13-21-19(23)20(22)24)17-6-4-15(5-7-17)16-8-11-25-12-9-16/h4-8,13H,2-3,9-12,14H2,1H3. The van der Waals surface area contributed by atoms with E-state index in [0.29, 0.717) is 19.1 Å². The molecule has 25 heavy (non-hydrogen) atoms.